The highest BCUT2D eigenvalue weighted by Crippen LogP contribution is 2.27. The maximum Gasteiger partial charge on any atom is 0.245 e. The van der Waals surface area contributed by atoms with Crippen molar-refractivity contribution in [3.05, 3.63) is 108 Å². The van der Waals surface area contributed by atoms with Crippen molar-refractivity contribution in [1.29, 1.82) is 0 Å². The molecule has 1 aromatic heterocycles. The second-order valence-electron chi connectivity index (χ2n) is 7.96. The van der Waals surface area contributed by atoms with Crippen LogP contribution in [0, 0.1) is 5.92 Å². The summed E-state index contributed by atoms with van der Waals surface area (Å²) in [6, 6.07) is 20.1. The third-order valence-electron chi connectivity index (χ3n) is 5.50. The minimum atomic E-state index is -0.524. The van der Waals surface area contributed by atoms with E-state index in [9.17, 15) is 9.59 Å². The number of ether oxygens (including phenoxy) is 2. The van der Waals surface area contributed by atoms with Crippen LogP contribution < -0.4 is 10.2 Å². The Hall–Kier alpha value is -4.13. The zero-order valence-electron chi connectivity index (χ0n) is 19.0. The molecule has 1 amide bonds. The van der Waals surface area contributed by atoms with Gasteiger partial charge in [-0.1, -0.05) is 55.8 Å². The highest BCUT2D eigenvalue weighted by molar-refractivity contribution is 6.08. The lowest BCUT2D eigenvalue weighted by atomic mass is 10.0. The molecule has 1 aliphatic rings. The normalized spacial score (nSPS) is 15.4. The summed E-state index contributed by atoms with van der Waals surface area (Å²) in [5.41, 5.74) is 4.83. The van der Waals surface area contributed by atoms with Gasteiger partial charge >= 0.3 is 0 Å². The summed E-state index contributed by atoms with van der Waals surface area (Å²) >= 11 is 0. The molecule has 0 saturated carbocycles. The predicted octanol–water partition coefficient (Wildman–Crippen LogP) is 4.64. The maximum atomic E-state index is 13.0. The summed E-state index contributed by atoms with van der Waals surface area (Å²) in [5.74, 6) is 0.191. The van der Waals surface area contributed by atoms with Crippen LogP contribution in [-0.2, 0) is 9.53 Å². The number of benzene rings is 2. The molecule has 0 radical (unpaired) electrons. The van der Waals surface area contributed by atoms with E-state index in [0.717, 1.165) is 17.7 Å². The molecule has 3 aromatic rings. The second-order valence-corrected chi connectivity index (χ2v) is 7.96. The first-order valence-electron chi connectivity index (χ1n) is 11.3. The van der Waals surface area contributed by atoms with Gasteiger partial charge in [-0.25, -0.2) is 5.01 Å². The topological polar surface area (TPSA) is 80.8 Å². The van der Waals surface area contributed by atoms with Crippen LogP contribution in [0.25, 0.3) is 0 Å². The number of carbonyl (C=O) groups is 2. The van der Waals surface area contributed by atoms with E-state index in [1.54, 1.807) is 47.9 Å². The van der Waals surface area contributed by atoms with E-state index in [4.69, 9.17) is 9.47 Å². The van der Waals surface area contributed by atoms with Crippen LogP contribution in [0.5, 0.6) is 5.75 Å². The predicted molar refractivity (Wildman–Crippen MR) is 127 cm³/mol. The van der Waals surface area contributed by atoms with E-state index in [1.807, 2.05) is 49.4 Å². The van der Waals surface area contributed by atoms with Gasteiger partial charge in [0.2, 0.25) is 12.1 Å². The molecule has 2 atom stereocenters. The van der Waals surface area contributed by atoms with Crippen molar-refractivity contribution in [1.82, 2.24) is 15.4 Å². The molecule has 1 N–H and O–H groups in total. The largest absolute Gasteiger partial charge is 0.493 e. The van der Waals surface area contributed by atoms with Gasteiger partial charge in [0.15, 0.2) is 5.78 Å². The van der Waals surface area contributed by atoms with Gasteiger partial charge in [0.1, 0.15) is 12.0 Å². The summed E-state index contributed by atoms with van der Waals surface area (Å²) in [4.78, 5) is 29.6. The molecule has 0 fully saturated rings. The SMILES string of the molecule is CCCC(COc1ccccc1)C(=O)NN1C=COC1c1ccc(C(=O)c2cccnc2)cc1. The molecule has 0 saturated heterocycles. The Morgan fingerprint density at radius 3 is 2.56 bits per heavy atom. The molecule has 2 heterocycles. The lowest BCUT2D eigenvalue weighted by molar-refractivity contribution is -0.133. The van der Waals surface area contributed by atoms with Crippen molar-refractivity contribution in [3.8, 4) is 5.75 Å². The van der Waals surface area contributed by atoms with Gasteiger partial charge in [0, 0.05) is 29.1 Å². The lowest BCUT2D eigenvalue weighted by Crippen LogP contribution is -2.44. The number of para-hydroxylation sites is 1. The third kappa shape index (κ3) is 5.61. The molecule has 0 bridgehead atoms. The molecule has 2 aromatic carbocycles. The number of nitrogens with zero attached hydrogens (tertiary/aromatic N) is 2. The van der Waals surface area contributed by atoms with Gasteiger partial charge < -0.3 is 9.47 Å². The summed E-state index contributed by atoms with van der Waals surface area (Å²) in [7, 11) is 0. The van der Waals surface area contributed by atoms with E-state index in [1.165, 1.54) is 6.26 Å². The van der Waals surface area contributed by atoms with E-state index in [-0.39, 0.29) is 24.2 Å². The van der Waals surface area contributed by atoms with Crippen LogP contribution in [0.4, 0.5) is 0 Å². The van der Waals surface area contributed by atoms with Crippen LogP contribution in [0.2, 0.25) is 0 Å². The van der Waals surface area contributed by atoms with Crippen molar-refractivity contribution in [2.75, 3.05) is 6.61 Å². The fourth-order valence-electron chi connectivity index (χ4n) is 3.69. The molecule has 0 aliphatic carbocycles. The van der Waals surface area contributed by atoms with Crippen LogP contribution >= 0.6 is 0 Å². The molecular weight excluding hydrogens is 430 g/mol. The van der Waals surface area contributed by atoms with Crippen molar-refractivity contribution in [2.24, 2.45) is 5.92 Å². The monoisotopic (exact) mass is 457 g/mol. The van der Waals surface area contributed by atoms with Crippen LogP contribution in [0.1, 0.15) is 47.5 Å². The Bertz CT molecular complexity index is 1120. The summed E-state index contributed by atoms with van der Waals surface area (Å²) in [6.07, 6.45) is 7.43. The van der Waals surface area contributed by atoms with Gasteiger partial charge in [0.25, 0.3) is 0 Å². The van der Waals surface area contributed by atoms with Crippen LogP contribution in [-0.4, -0.2) is 28.3 Å². The first-order valence-corrected chi connectivity index (χ1v) is 11.3. The number of nitrogens with one attached hydrogen (secondary N) is 1. The number of hydrazine groups is 1. The fraction of sp³-hybridized carbons (Fsp3) is 0.222. The Balaban J connectivity index is 1.39. The van der Waals surface area contributed by atoms with E-state index >= 15 is 0 Å². The Morgan fingerprint density at radius 2 is 1.85 bits per heavy atom. The first-order chi connectivity index (χ1) is 16.7. The molecule has 1 aliphatic heterocycles. The van der Waals surface area contributed by atoms with Crippen LogP contribution in [0.3, 0.4) is 0 Å². The van der Waals surface area contributed by atoms with Crippen molar-refractivity contribution in [2.45, 2.75) is 26.0 Å². The summed E-state index contributed by atoms with van der Waals surface area (Å²) in [6.45, 7) is 2.33. The molecule has 7 nitrogen and oxygen atoms in total. The molecular formula is C27H27N3O4. The van der Waals surface area contributed by atoms with Gasteiger partial charge in [0.05, 0.1) is 18.7 Å². The molecule has 0 spiro atoms. The number of pyridine rings is 1. The Labute approximate surface area is 199 Å². The highest BCUT2D eigenvalue weighted by atomic mass is 16.5. The van der Waals surface area contributed by atoms with Crippen molar-refractivity contribution in [3.63, 3.8) is 0 Å². The van der Waals surface area contributed by atoms with Gasteiger partial charge in [-0.15, -0.1) is 0 Å². The summed E-state index contributed by atoms with van der Waals surface area (Å²) in [5, 5.41) is 1.63. The third-order valence-corrected chi connectivity index (χ3v) is 5.50. The first kappa shape index (κ1) is 23.0. The number of amides is 1. The van der Waals surface area contributed by atoms with Crippen molar-refractivity contribution >= 4 is 11.7 Å². The zero-order valence-corrected chi connectivity index (χ0v) is 19.0. The number of rotatable bonds is 10. The second kappa shape index (κ2) is 11.1. The molecule has 7 heteroatoms. The lowest BCUT2D eigenvalue weighted by Gasteiger charge is -2.27. The average molecular weight is 458 g/mol. The van der Waals surface area contributed by atoms with E-state index in [2.05, 4.69) is 10.4 Å². The highest BCUT2D eigenvalue weighted by Gasteiger charge is 2.28. The number of aromatic nitrogens is 1. The number of hydrogen-bond donors (Lipinski definition) is 1. The smallest absolute Gasteiger partial charge is 0.245 e. The molecule has 174 valence electrons. The standard InChI is InChI=1S/C27H27N3O4/c1-2-7-23(19-34-24-9-4-3-5-10-24)26(32)29-30-16-17-33-27(30)21-13-11-20(12-14-21)25(31)22-8-6-15-28-18-22/h3-6,8-18,23,27H,2,7,19H2,1H3,(H,29,32). The quantitative estimate of drug-likeness (QED) is 0.447. The Morgan fingerprint density at radius 1 is 1.06 bits per heavy atom. The zero-order chi connectivity index (χ0) is 23.8. The minimum absolute atomic E-state index is 0.101. The van der Waals surface area contributed by atoms with Gasteiger partial charge in [-0.05, 0) is 30.7 Å². The summed E-state index contributed by atoms with van der Waals surface area (Å²) < 4.78 is 11.5. The fourth-order valence-corrected chi connectivity index (χ4v) is 3.69. The van der Waals surface area contributed by atoms with E-state index in [0.29, 0.717) is 17.5 Å². The van der Waals surface area contributed by atoms with Crippen molar-refractivity contribution < 1.29 is 19.1 Å². The van der Waals surface area contributed by atoms with Gasteiger partial charge in [-0.2, -0.15) is 0 Å². The molecule has 34 heavy (non-hydrogen) atoms. The minimum Gasteiger partial charge on any atom is -0.493 e. The molecule has 2 unspecified atom stereocenters. The number of hydrogen-bond acceptors (Lipinski definition) is 6. The van der Waals surface area contributed by atoms with Crippen LogP contribution in [0.15, 0.2) is 91.6 Å². The maximum absolute atomic E-state index is 13.0. The molecule has 4 rings (SSSR count). The Kier molecular flexibility index (Phi) is 7.55. The number of ketones is 1. The number of carbonyl (C=O) groups excluding carboxylic acids is 2. The average Bonchev–Trinajstić information content (AvgIpc) is 3.35. The van der Waals surface area contributed by atoms with Gasteiger partial charge in [-0.3, -0.25) is 20.0 Å². The van der Waals surface area contributed by atoms with E-state index < -0.39 is 6.23 Å².